The van der Waals surface area contributed by atoms with Gasteiger partial charge in [0.25, 0.3) is 0 Å². The van der Waals surface area contributed by atoms with Crippen molar-refractivity contribution in [2.75, 3.05) is 7.11 Å². The molecule has 0 fully saturated rings. The summed E-state index contributed by atoms with van der Waals surface area (Å²) in [6.45, 7) is 4.35. The van der Waals surface area contributed by atoms with Gasteiger partial charge in [-0.15, -0.1) is 16.4 Å². The lowest BCUT2D eigenvalue weighted by Gasteiger charge is -2.13. The summed E-state index contributed by atoms with van der Waals surface area (Å²) in [6.07, 6.45) is 0. The molecule has 3 aromatic rings. The number of rotatable bonds is 7. The van der Waals surface area contributed by atoms with E-state index in [0.717, 1.165) is 16.1 Å². The average Bonchev–Trinajstić information content (AvgIpc) is 3.31. The highest BCUT2D eigenvalue weighted by atomic mass is 32.2. The molecule has 2 aromatic heterocycles. The third-order valence-electron chi connectivity index (χ3n) is 3.67. The van der Waals surface area contributed by atoms with Gasteiger partial charge in [-0.3, -0.25) is 4.79 Å². The zero-order valence-corrected chi connectivity index (χ0v) is 16.3. The van der Waals surface area contributed by atoms with Crippen molar-refractivity contribution in [3.05, 3.63) is 46.2 Å². The average molecular weight is 390 g/mol. The minimum absolute atomic E-state index is 0.0610. The van der Waals surface area contributed by atoms with E-state index < -0.39 is 0 Å². The van der Waals surface area contributed by atoms with E-state index in [2.05, 4.69) is 20.8 Å². The molecule has 0 bridgehead atoms. The Labute approximate surface area is 159 Å². The minimum atomic E-state index is -0.337. The van der Waals surface area contributed by atoms with E-state index in [9.17, 15) is 4.79 Å². The lowest BCUT2D eigenvalue weighted by Crippen LogP contribution is -2.30. The number of nitrogens with one attached hydrogen (secondary N) is 1. The number of hydrogen-bond donors (Lipinski definition) is 1. The first-order valence-corrected chi connectivity index (χ1v) is 9.74. The van der Waals surface area contributed by atoms with Gasteiger partial charge in [0.2, 0.25) is 11.1 Å². The molecule has 136 valence electrons. The Morgan fingerprint density at radius 2 is 2.27 bits per heavy atom. The second-order valence-electron chi connectivity index (χ2n) is 5.61. The number of tetrazole rings is 1. The van der Waals surface area contributed by atoms with Gasteiger partial charge >= 0.3 is 0 Å². The molecule has 0 saturated heterocycles. The largest absolute Gasteiger partial charge is 0.494 e. The van der Waals surface area contributed by atoms with E-state index in [0.29, 0.717) is 17.5 Å². The SMILES string of the molecule is COc1ccc(C)cc1-n1nnnc1SC(C)C(=O)NCc1cccs1. The maximum absolute atomic E-state index is 12.4. The summed E-state index contributed by atoms with van der Waals surface area (Å²) < 4.78 is 7.00. The van der Waals surface area contributed by atoms with Crippen LogP contribution >= 0.6 is 23.1 Å². The van der Waals surface area contributed by atoms with Crippen LogP contribution in [0, 0.1) is 6.92 Å². The zero-order valence-electron chi connectivity index (χ0n) is 14.7. The molecule has 26 heavy (non-hydrogen) atoms. The second-order valence-corrected chi connectivity index (χ2v) is 7.95. The first-order valence-electron chi connectivity index (χ1n) is 7.98. The normalized spacial score (nSPS) is 12.0. The van der Waals surface area contributed by atoms with Gasteiger partial charge in [0, 0.05) is 4.88 Å². The number of carbonyl (C=O) groups is 1. The molecule has 0 radical (unpaired) electrons. The first-order chi connectivity index (χ1) is 12.6. The molecule has 0 aliphatic rings. The van der Waals surface area contributed by atoms with E-state index >= 15 is 0 Å². The van der Waals surface area contributed by atoms with E-state index in [1.807, 2.05) is 49.6 Å². The van der Waals surface area contributed by atoms with Crippen LogP contribution in [0.4, 0.5) is 0 Å². The highest BCUT2D eigenvalue weighted by Gasteiger charge is 2.20. The number of amides is 1. The van der Waals surface area contributed by atoms with Crippen molar-refractivity contribution < 1.29 is 9.53 Å². The summed E-state index contributed by atoms with van der Waals surface area (Å²) in [6, 6.07) is 9.74. The topological polar surface area (TPSA) is 81.9 Å². The summed E-state index contributed by atoms with van der Waals surface area (Å²) in [7, 11) is 1.60. The lowest BCUT2D eigenvalue weighted by molar-refractivity contribution is -0.120. The van der Waals surface area contributed by atoms with Gasteiger partial charge in [-0.1, -0.05) is 23.9 Å². The van der Waals surface area contributed by atoms with Crippen molar-refractivity contribution in [3.8, 4) is 11.4 Å². The number of thiophene rings is 1. The molecular weight excluding hydrogens is 370 g/mol. The molecule has 0 spiro atoms. The molecule has 2 heterocycles. The van der Waals surface area contributed by atoms with E-state index in [-0.39, 0.29) is 11.2 Å². The van der Waals surface area contributed by atoms with Crippen molar-refractivity contribution in [1.29, 1.82) is 0 Å². The Morgan fingerprint density at radius 3 is 3.00 bits per heavy atom. The Kier molecular flexibility index (Phi) is 5.89. The number of carbonyl (C=O) groups excluding carboxylic acids is 1. The number of benzene rings is 1. The molecule has 0 saturated carbocycles. The molecule has 1 unspecified atom stereocenters. The summed E-state index contributed by atoms with van der Waals surface area (Å²) in [5.41, 5.74) is 1.81. The van der Waals surface area contributed by atoms with Crippen LogP contribution in [0.15, 0.2) is 40.9 Å². The van der Waals surface area contributed by atoms with Crippen LogP contribution in [0.2, 0.25) is 0 Å². The lowest BCUT2D eigenvalue weighted by atomic mass is 10.2. The Balaban J connectivity index is 1.72. The fourth-order valence-electron chi connectivity index (χ4n) is 2.31. The first kappa shape index (κ1) is 18.4. The molecule has 9 heteroatoms. The van der Waals surface area contributed by atoms with E-state index in [4.69, 9.17) is 4.74 Å². The van der Waals surface area contributed by atoms with Crippen LogP contribution < -0.4 is 10.1 Å². The van der Waals surface area contributed by atoms with E-state index in [1.54, 1.807) is 23.1 Å². The third kappa shape index (κ3) is 4.23. The fraction of sp³-hybridized carbons (Fsp3) is 0.294. The van der Waals surface area contributed by atoms with Crippen molar-refractivity contribution in [3.63, 3.8) is 0 Å². The monoisotopic (exact) mass is 389 g/mol. The van der Waals surface area contributed by atoms with Gasteiger partial charge in [-0.25, -0.2) is 0 Å². The molecule has 3 rings (SSSR count). The molecule has 1 atom stereocenters. The van der Waals surface area contributed by atoms with Crippen molar-refractivity contribution in [1.82, 2.24) is 25.5 Å². The number of aromatic nitrogens is 4. The number of methoxy groups -OCH3 is 1. The van der Waals surface area contributed by atoms with Gasteiger partial charge in [0.15, 0.2) is 0 Å². The van der Waals surface area contributed by atoms with Crippen LogP contribution in [0.3, 0.4) is 0 Å². The molecular formula is C17H19N5O2S2. The Bertz CT molecular complexity index is 879. The van der Waals surface area contributed by atoms with Gasteiger partial charge in [-0.05, 0) is 53.4 Å². The standard InChI is InChI=1S/C17H19N5O2S2/c1-11-6-7-15(24-3)14(9-11)22-17(19-20-21-22)26-12(2)16(23)18-10-13-5-4-8-25-13/h4-9,12H,10H2,1-3H3,(H,18,23). The zero-order chi connectivity index (χ0) is 18.5. The minimum Gasteiger partial charge on any atom is -0.494 e. The van der Waals surface area contributed by atoms with Crippen molar-refractivity contribution in [2.24, 2.45) is 0 Å². The second kappa shape index (κ2) is 8.33. The smallest absolute Gasteiger partial charge is 0.233 e. The highest BCUT2D eigenvalue weighted by molar-refractivity contribution is 8.00. The van der Waals surface area contributed by atoms with Gasteiger partial charge in [-0.2, -0.15) is 4.68 Å². The predicted molar refractivity (Wildman–Crippen MR) is 102 cm³/mol. The number of nitrogens with zero attached hydrogens (tertiary/aromatic N) is 4. The molecule has 0 aliphatic carbocycles. The number of thioether (sulfide) groups is 1. The predicted octanol–water partition coefficient (Wildman–Crippen LogP) is 2.84. The Morgan fingerprint density at radius 1 is 1.42 bits per heavy atom. The van der Waals surface area contributed by atoms with Crippen LogP contribution in [-0.2, 0) is 11.3 Å². The summed E-state index contributed by atoms with van der Waals surface area (Å²) in [5.74, 6) is 0.605. The molecule has 7 nitrogen and oxygen atoms in total. The maximum atomic E-state index is 12.4. The Hall–Kier alpha value is -2.39. The summed E-state index contributed by atoms with van der Waals surface area (Å²) in [4.78, 5) is 13.5. The van der Waals surface area contributed by atoms with Crippen LogP contribution in [0.25, 0.3) is 5.69 Å². The van der Waals surface area contributed by atoms with Crippen molar-refractivity contribution >= 4 is 29.0 Å². The molecule has 1 N–H and O–H groups in total. The quantitative estimate of drug-likeness (QED) is 0.626. The van der Waals surface area contributed by atoms with E-state index in [1.165, 1.54) is 11.8 Å². The summed E-state index contributed by atoms with van der Waals surface area (Å²) >= 11 is 2.92. The number of ether oxygens (including phenoxy) is 1. The maximum Gasteiger partial charge on any atom is 0.233 e. The van der Waals surface area contributed by atoms with Gasteiger partial charge in [0.1, 0.15) is 11.4 Å². The highest BCUT2D eigenvalue weighted by Crippen LogP contribution is 2.28. The van der Waals surface area contributed by atoms with Gasteiger partial charge < -0.3 is 10.1 Å². The van der Waals surface area contributed by atoms with Crippen molar-refractivity contribution in [2.45, 2.75) is 30.8 Å². The van der Waals surface area contributed by atoms with Crippen LogP contribution in [-0.4, -0.2) is 38.5 Å². The number of aryl methyl sites for hydroxylation is 1. The molecule has 1 amide bonds. The fourth-order valence-corrected chi connectivity index (χ4v) is 3.78. The summed E-state index contributed by atoms with van der Waals surface area (Å²) in [5, 5.41) is 17.0. The van der Waals surface area contributed by atoms with Crippen LogP contribution in [0.5, 0.6) is 5.75 Å². The molecule has 1 aromatic carbocycles. The third-order valence-corrected chi connectivity index (χ3v) is 5.58. The molecule has 0 aliphatic heterocycles. The van der Waals surface area contributed by atoms with Gasteiger partial charge in [0.05, 0.1) is 18.9 Å². The van der Waals surface area contributed by atoms with Crippen LogP contribution in [0.1, 0.15) is 17.4 Å². The number of hydrogen-bond acceptors (Lipinski definition) is 7.